The van der Waals surface area contributed by atoms with Gasteiger partial charge in [-0.3, -0.25) is 9.59 Å². The van der Waals surface area contributed by atoms with Gasteiger partial charge in [0.1, 0.15) is 12.1 Å². The maximum atomic E-state index is 10.6. The fourth-order valence-electron chi connectivity index (χ4n) is 0.789. The number of hydrogen-bond acceptors (Lipinski definition) is 6. The van der Waals surface area contributed by atoms with Crippen molar-refractivity contribution in [3.8, 4) is 0 Å². The van der Waals surface area contributed by atoms with E-state index in [0.29, 0.717) is 11.5 Å². The molecule has 0 aromatic carbocycles. The molecule has 0 bridgehead atoms. The van der Waals surface area contributed by atoms with Crippen LogP contribution in [0.1, 0.15) is 0 Å². The van der Waals surface area contributed by atoms with Crippen LogP contribution in [-0.2, 0) is 9.59 Å². The van der Waals surface area contributed by atoms with E-state index in [-0.39, 0.29) is 24.8 Å². The zero-order valence-electron chi connectivity index (χ0n) is 9.91. The molecule has 0 aliphatic rings. The van der Waals surface area contributed by atoms with E-state index < -0.39 is 24.0 Å². The number of hydrogen-bond donors (Lipinski definition) is 4. The maximum absolute atomic E-state index is 10.6. The number of carboxylic acids is 2. The van der Waals surface area contributed by atoms with E-state index in [4.69, 9.17) is 10.2 Å². The second kappa shape index (κ2) is 13.6. The molecular formula is C8H18Cl2N2O4S2. The third-order valence-corrected chi connectivity index (χ3v) is 4.27. The first-order chi connectivity index (χ1) is 7.52. The van der Waals surface area contributed by atoms with Crippen molar-refractivity contribution in [2.45, 2.75) is 12.1 Å². The number of aliphatic carboxylic acids is 2. The Morgan fingerprint density at radius 1 is 0.944 bits per heavy atom. The van der Waals surface area contributed by atoms with E-state index in [1.165, 1.54) is 21.6 Å². The second-order valence-electron chi connectivity index (χ2n) is 2.93. The molecule has 0 unspecified atom stereocenters. The van der Waals surface area contributed by atoms with Gasteiger partial charge in [0.25, 0.3) is 0 Å². The van der Waals surface area contributed by atoms with Crippen molar-refractivity contribution in [1.29, 1.82) is 0 Å². The summed E-state index contributed by atoms with van der Waals surface area (Å²) < 4.78 is 0. The predicted octanol–water partition coefficient (Wildman–Crippen LogP) is 0.557. The van der Waals surface area contributed by atoms with E-state index in [1.54, 1.807) is 14.1 Å². The molecule has 0 fully saturated rings. The molecule has 0 rings (SSSR count). The lowest BCUT2D eigenvalue weighted by Gasteiger charge is -2.12. The average Bonchev–Trinajstić information content (AvgIpc) is 2.22. The summed E-state index contributed by atoms with van der Waals surface area (Å²) >= 11 is 0. The van der Waals surface area contributed by atoms with Crippen LogP contribution in [0.5, 0.6) is 0 Å². The van der Waals surface area contributed by atoms with Gasteiger partial charge in [-0.05, 0) is 14.1 Å². The minimum Gasteiger partial charge on any atom is -0.480 e. The molecule has 0 aliphatic heterocycles. The number of nitrogens with one attached hydrogen (secondary N) is 2. The van der Waals surface area contributed by atoms with Crippen molar-refractivity contribution in [2.24, 2.45) is 0 Å². The van der Waals surface area contributed by atoms with Crippen molar-refractivity contribution < 1.29 is 19.8 Å². The summed E-state index contributed by atoms with van der Waals surface area (Å²) in [7, 11) is 5.85. The van der Waals surface area contributed by atoms with Crippen molar-refractivity contribution >= 4 is 58.3 Å². The van der Waals surface area contributed by atoms with Crippen LogP contribution in [0.4, 0.5) is 0 Å². The van der Waals surface area contributed by atoms with Gasteiger partial charge in [-0.15, -0.1) is 24.8 Å². The first-order valence-corrected chi connectivity index (χ1v) is 7.06. The zero-order valence-corrected chi connectivity index (χ0v) is 13.2. The molecule has 4 N–H and O–H groups in total. The van der Waals surface area contributed by atoms with Crippen LogP contribution in [0.3, 0.4) is 0 Å². The third kappa shape index (κ3) is 10.1. The standard InChI is InChI=1S/C8H16N2O4S2.2ClH/c1-9-5(7(11)12)3-15-16-4-6(10-2)8(13)14;;/h5-6,9-10H,3-4H2,1-2H3,(H,11,12)(H,13,14);2*1H/t5-,6-;;/m0../s1. The van der Waals surface area contributed by atoms with Gasteiger partial charge >= 0.3 is 11.9 Å². The van der Waals surface area contributed by atoms with Gasteiger partial charge in [0.2, 0.25) is 0 Å². The van der Waals surface area contributed by atoms with Crippen molar-refractivity contribution in [2.75, 3.05) is 25.6 Å². The highest BCUT2D eigenvalue weighted by Gasteiger charge is 2.17. The molecule has 0 aliphatic carbocycles. The number of carbonyl (C=O) groups is 2. The quantitative estimate of drug-likeness (QED) is 0.357. The van der Waals surface area contributed by atoms with Crippen LogP contribution in [0.2, 0.25) is 0 Å². The molecule has 0 spiro atoms. The summed E-state index contributed by atoms with van der Waals surface area (Å²) in [5.74, 6) is -1.02. The van der Waals surface area contributed by atoms with E-state index in [0.717, 1.165) is 0 Å². The normalized spacial score (nSPS) is 12.8. The monoisotopic (exact) mass is 340 g/mol. The molecular weight excluding hydrogens is 323 g/mol. The Morgan fingerprint density at radius 2 is 1.22 bits per heavy atom. The summed E-state index contributed by atoms with van der Waals surface area (Å²) in [6, 6.07) is -1.20. The fraction of sp³-hybridized carbons (Fsp3) is 0.750. The summed E-state index contributed by atoms with van der Waals surface area (Å²) in [6.07, 6.45) is 0. The number of rotatable bonds is 9. The van der Waals surface area contributed by atoms with Crippen molar-refractivity contribution in [1.82, 2.24) is 10.6 Å². The molecule has 0 radical (unpaired) electrons. The summed E-state index contributed by atoms with van der Waals surface area (Å²) in [6.45, 7) is 0. The molecule has 0 aromatic heterocycles. The summed E-state index contributed by atoms with van der Waals surface area (Å²) in [4.78, 5) is 21.3. The molecule has 0 amide bonds. The van der Waals surface area contributed by atoms with Gasteiger partial charge in [0.15, 0.2) is 0 Å². The topological polar surface area (TPSA) is 98.7 Å². The molecule has 0 heterocycles. The Hall–Kier alpha value is 0.140. The zero-order chi connectivity index (χ0) is 12.6. The first-order valence-electron chi connectivity index (χ1n) is 4.57. The van der Waals surface area contributed by atoms with E-state index in [2.05, 4.69) is 10.6 Å². The Balaban J connectivity index is -0.00000112. The molecule has 110 valence electrons. The highest BCUT2D eigenvalue weighted by atomic mass is 35.5. The van der Waals surface area contributed by atoms with Crippen LogP contribution < -0.4 is 10.6 Å². The lowest BCUT2D eigenvalue weighted by Crippen LogP contribution is -2.37. The maximum Gasteiger partial charge on any atom is 0.321 e. The third-order valence-electron chi connectivity index (χ3n) is 1.85. The average molecular weight is 341 g/mol. The van der Waals surface area contributed by atoms with Gasteiger partial charge in [0.05, 0.1) is 0 Å². The molecule has 18 heavy (non-hydrogen) atoms. The highest BCUT2D eigenvalue weighted by molar-refractivity contribution is 8.76. The smallest absolute Gasteiger partial charge is 0.321 e. The van der Waals surface area contributed by atoms with Gasteiger partial charge in [-0.2, -0.15) is 0 Å². The first kappa shape index (κ1) is 23.2. The molecule has 0 aromatic rings. The van der Waals surface area contributed by atoms with E-state index in [9.17, 15) is 9.59 Å². The van der Waals surface area contributed by atoms with Gasteiger partial charge in [0, 0.05) is 11.5 Å². The molecule has 2 atom stereocenters. The van der Waals surface area contributed by atoms with Crippen molar-refractivity contribution in [3.63, 3.8) is 0 Å². The SMILES string of the molecule is CN[C@@H](CSSC[C@H](NC)C(=O)O)C(=O)O.Cl.Cl. The molecule has 6 nitrogen and oxygen atoms in total. The summed E-state index contributed by atoms with van der Waals surface area (Å²) in [5, 5.41) is 22.8. The second-order valence-corrected chi connectivity index (χ2v) is 5.48. The Kier molecular flexibility index (Phi) is 17.5. The lowest BCUT2D eigenvalue weighted by atomic mass is 10.3. The molecule has 0 saturated carbocycles. The summed E-state index contributed by atoms with van der Waals surface area (Å²) in [5.41, 5.74) is 0. The Bertz CT molecular complexity index is 225. The van der Waals surface area contributed by atoms with Gasteiger partial charge < -0.3 is 20.8 Å². The van der Waals surface area contributed by atoms with Crippen LogP contribution in [-0.4, -0.2) is 59.8 Å². The minimum absolute atomic E-state index is 0. The van der Waals surface area contributed by atoms with Crippen LogP contribution in [0.15, 0.2) is 0 Å². The number of halogens is 2. The Morgan fingerprint density at radius 3 is 1.39 bits per heavy atom. The largest absolute Gasteiger partial charge is 0.480 e. The predicted molar refractivity (Wildman–Crippen MR) is 80.4 cm³/mol. The lowest BCUT2D eigenvalue weighted by molar-refractivity contribution is -0.139. The highest BCUT2D eigenvalue weighted by Crippen LogP contribution is 2.22. The van der Waals surface area contributed by atoms with Crippen molar-refractivity contribution in [3.05, 3.63) is 0 Å². The van der Waals surface area contributed by atoms with Crippen LogP contribution in [0, 0.1) is 0 Å². The molecule has 0 saturated heterocycles. The van der Waals surface area contributed by atoms with Gasteiger partial charge in [-0.1, -0.05) is 21.6 Å². The molecule has 10 heteroatoms. The number of likely N-dealkylation sites (N-methyl/N-ethyl adjacent to an activating group) is 2. The van der Waals surface area contributed by atoms with Crippen LogP contribution in [0.25, 0.3) is 0 Å². The van der Waals surface area contributed by atoms with Gasteiger partial charge in [-0.25, -0.2) is 0 Å². The number of carboxylic acid groups (broad SMARTS) is 2. The minimum atomic E-state index is -0.904. The fourth-order valence-corrected chi connectivity index (χ4v) is 3.27. The van der Waals surface area contributed by atoms with Crippen LogP contribution >= 0.6 is 46.4 Å². The van der Waals surface area contributed by atoms with E-state index in [1.807, 2.05) is 0 Å². The Labute approximate surface area is 126 Å². The van der Waals surface area contributed by atoms with E-state index >= 15 is 0 Å².